The largest absolute Gasteiger partial charge is 0.465 e. The average Bonchev–Trinajstić information content (AvgIpc) is 2.45. The summed E-state index contributed by atoms with van der Waals surface area (Å²) in [6, 6.07) is 3.36. The Balaban J connectivity index is 1.90. The molecule has 5 nitrogen and oxygen atoms in total. The highest BCUT2D eigenvalue weighted by Crippen LogP contribution is 2.16. The number of ether oxygens (including phenoxy) is 2. The molecule has 2 heterocycles. The Labute approximate surface area is 107 Å². The Morgan fingerprint density at radius 1 is 1.56 bits per heavy atom. The van der Waals surface area contributed by atoms with E-state index in [0.29, 0.717) is 17.3 Å². The number of aromatic nitrogens is 1. The van der Waals surface area contributed by atoms with Crippen molar-refractivity contribution in [2.45, 2.75) is 12.8 Å². The molecular weight excluding hydrogens is 232 g/mol. The van der Waals surface area contributed by atoms with Gasteiger partial charge in [-0.3, -0.25) is 0 Å². The summed E-state index contributed by atoms with van der Waals surface area (Å²) in [6.45, 7) is 2.53. The molecule has 1 aliphatic rings. The predicted molar refractivity (Wildman–Crippen MR) is 67.6 cm³/mol. The highest BCUT2D eigenvalue weighted by Gasteiger charge is 2.14. The minimum Gasteiger partial charge on any atom is -0.465 e. The van der Waals surface area contributed by atoms with Crippen molar-refractivity contribution >= 4 is 11.8 Å². The molecule has 5 heteroatoms. The number of rotatable bonds is 4. The van der Waals surface area contributed by atoms with Gasteiger partial charge in [-0.15, -0.1) is 0 Å². The van der Waals surface area contributed by atoms with Gasteiger partial charge in [0.25, 0.3) is 0 Å². The van der Waals surface area contributed by atoms with Crippen LogP contribution in [0.5, 0.6) is 0 Å². The van der Waals surface area contributed by atoms with Gasteiger partial charge in [-0.05, 0) is 30.9 Å². The van der Waals surface area contributed by atoms with Crippen LogP contribution in [-0.2, 0) is 9.47 Å². The zero-order valence-corrected chi connectivity index (χ0v) is 10.5. The first-order valence-electron chi connectivity index (χ1n) is 6.15. The van der Waals surface area contributed by atoms with Crippen LogP contribution in [0.3, 0.4) is 0 Å². The molecule has 0 amide bonds. The van der Waals surface area contributed by atoms with Gasteiger partial charge < -0.3 is 14.8 Å². The van der Waals surface area contributed by atoms with Crippen LogP contribution in [0.2, 0.25) is 0 Å². The summed E-state index contributed by atoms with van der Waals surface area (Å²) in [5.41, 5.74) is 0.516. The van der Waals surface area contributed by atoms with Crippen LogP contribution in [0.1, 0.15) is 23.2 Å². The summed E-state index contributed by atoms with van der Waals surface area (Å²) in [6.07, 6.45) is 3.76. The number of pyridine rings is 1. The SMILES string of the molecule is COC(=O)c1ccnc(NCC2CCOCC2)c1. The van der Waals surface area contributed by atoms with E-state index in [4.69, 9.17) is 4.74 Å². The molecule has 1 aromatic rings. The van der Waals surface area contributed by atoms with Crippen molar-refractivity contribution in [3.05, 3.63) is 23.9 Å². The van der Waals surface area contributed by atoms with Gasteiger partial charge in [0, 0.05) is 26.0 Å². The van der Waals surface area contributed by atoms with E-state index >= 15 is 0 Å². The molecule has 0 aliphatic carbocycles. The smallest absolute Gasteiger partial charge is 0.338 e. The summed E-state index contributed by atoms with van der Waals surface area (Å²) >= 11 is 0. The van der Waals surface area contributed by atoms with Gasteiger partial charge in [0.1, 0.15) is 5.82 Å². The lowest BCUT2D eigenvalue weighted by molar-refractivity contribution is 0.0600. The summed E-state index contributed by atoms with van der Waals surface area (Å²) in [4.78, 5) is 15.6. The summed E-state index contributed by atoms with van der Waals surface area (Å²) in [5, 5.41) is 3.26. The Bertz CT molecular complexity index is 403. The normalized spacial score (nSPS) is 16.3. The van der Waals surface area contributed by atoms with Gasteiger partial charge in [0.15, 0.2) is 0 Å². The lowest BCUT2D eigenvalue weighted by atomic mass is 10.0. The summed E-state index contributed by atoms with van der Waals surface area (Å²) < 4.78 is 9.99. The van der Waals surface area contributed by atoms with Crippen LogP contribution < -0.4 is 5.32 Å². The first kappa shape index (κ1) is 12.8. The number of carbonyl (C=O) groups is 1. The van der Waals surface area contributed by atoms with E-state index in [1.807, 2.05) is 0 Å². The molecule has 1 saturated heterocycles. The van der Waals surface area contributed by atoms with Gasteiger partial charge in [0.05, 0.1) is 12.7 Å². The maximum Gasteiger partial charge on any atom is 0.338 e. The highest BCUT2D eigenvalue weighted by molar-refractivity contribution is 5.89. The number of methoxy groups -OCH3 is 1. The fourth-order valence-corrected chi connectivity index (χ4v) is 1.97. The lowest BCUT2D eigenvalue weighted by Crippen LogP contribution is -2.23. The number of hydrogen-bond acceptors (Lipinski definition) is 5. The number of anilines is 1. The molecule has 0 radical (unpaired) electrons. The number of esters is 1. The van der Waals surface area contributed by atoms with Gasteiger partial charge >= 0.3 is 5.97 Å². The molecule has 98 valence electrons. The number of nitrogens with zero attached hydrogens (tertiary/aromatic N) is 1. The third-order valence-electron chi connectivity index (χ3n) is 3.09. The van der Waals surface area contributed by atoms with Crippen molar-refractivity contribution in [2.75, 3.05) is 32.2 Å². The molecule has 2 rings (SSSR count). The molecule has 0 aromatic carbocycles. The van der Waals surface area contributed by atoms with Crippen molar-refractivity contribution in [3.63, 3.8) is 0 Å². The van der Waals surface area contributed by atoms with E-state index in [1.54, 1.807) is 18.3 Å². The standard InChI is InChI=1S/C13H18N2O3/c1-17-13(16)11-2-5-14-12(8-11)15-9-10-3-6-18-7-4-10/h2,5,8,10H,3-4,6-7,9H2,1H3,(H,14,15). The lowest BCUT2D eigenvalue weighted by Gasteiger charge is -2.22. The van der Waals surface area contributed by atoms with Crippen molar-refractivity contribution in [1.82, 2.24) is 4.98 Å². The van der Waals surface area contributed by atoms with Gasteiger partial charge in [0.2, 0.25) is 0 Å². The zero-order chi connectivity index (χ0) is 12.8. The molecule has 1 N–H and O–H groups in total. The Kier molecular flexibility index (Phi) is 4.52. The maximum absolute atomic E-state index is 11.4. The average molecular weight is 250 g/mol. The van der Waals surface area contributed by atoms with Crippen LogP contribution in [0, 0.1) is 5.92 Å². The molecule has 0 saturated carbocycles. The van der Waals surface area contributed by atoms with Crippen molar-refractivity contribution in [2.24, 2.45) is 5.92 Å². The molecule has 0 atom stereocenters. The predicted octanol–water partition coefficient (Wildman–Crippen LogP) is 1.71. The maximum atomic E-state index is 11.4. The van der Waals surface area contributed by atoms with Gasteiger partial charge in [-0.2, -0.15) is 0 Å². The first-order chi connectivity index (χ1) is 8.79. The minimum absolute atomic E-state index is 0.341. The van der Waals surface area contributed by atoms with Gasteiger partial charge in [-0.1, -0.05) is 0 Å². The topological polar surface area (TPSA) is 60.5 Å². The second-order valence-corrected chi connectivity index (χ2v) is 4.36. The molecular formula is C13H18N2O3. The first-order valence-corrected chi connectivity index (χ1v) is 6.15. The monoisotopic (exact) mass is 250 g/mol. The quantitative estimate of drug-likeness (QED) is 0.824. The summed E-state index contributed by atoms with van der Waals surface area (Å²) in [7, 11) is 1.37. The Hall–Kier alpha value is -1.62. The van der Waals surface area contributed by atoms with E-state index in [-0.39, 0.29) is 5.97 Å². The third kappa shape index (κ3) is 3.43. The molecule has 1 fully saturated rings. The van der Waals surface area contributed by atoms with Crippen LogP contribution in [0.4, 0.5) is 5.82 Å². The van der Waals surface area contributed by atoms with Crippen LogP contribution in [0.25, 0.3) is 0 Å². The molecule has 1 aliphatic heterocycles. The highest BCUT2D eigenvalue weighted by atomic mass is 16.5. The van der Waals surface area contributed by atoms with E-state index in [1.165, 1.54) is 7.11 Å². The molecule has 0 bridgehead atoms. The van der Waals surface area contributed by atoms with E-state index in [2.05, 4.69) is 15.0 Å². The molecule has 18 heavy (non-hydrogen) atoms. The minimum atomic E-state index is -0.341. The second kappa shape index (κ2) is 6.35. The summed E-state index contributed by atoms with van der Waals surface area (Å²) in [5.74, 6) is 0.984. The van der Waals surface area contributed by atoms with E-state index < -0.39 is 0 Å². The van der Waals surface area contributed by atoms with Crippen LogP contribution in [0.15, 0.2) is 18.3 Å². The third-order valence-corrected chi connectivity index (χ3v) is 3.09. The number of nitrogens with one attached hydrogen (secondary N) is 1. The molecule has 1 aromatic heterocycles. The zero-order valence-electron chi connectivity index (χ0n) is 10.5. The molecule has 0 spiro atoms. The second-order valence-electron chi connectivity index (χ2n) is 4.36. The van der Waals surface area contributed by atoms with E-state index in [9.17, 15) is 4.79 Å². The van der Waals surface area contributed by atoms with Crippen molar-refractivity contribution in [3.8, 4) is 0 Å². The number of hydrogen-bond donors (Lipinski definition) is 1. The van der Waals surface area contributed by atoms with Crippen LogP contribution >= 0.6 is 0 Å². The van der Waals surface area contributed by atoms with Crippen LogP contribution in [-0.4, -0.2) is 37.8 Å². The Morgan fingerprint density at radius 2 is 2.33 bits per heavy atom. The van der Waals surface area contributed by atoms with E-state index in [0.717, 1.165) is 32.6 Å². The molecule has 0 unspecified atom stereocenters. The number of carbonyl (C=O) groups excluding carboxylic acids is 1. The fraction of sp³-hybridized carbons (Fsp3) is 0.538. The van der Waals surface area contributed by atoms with Crippen molar-refractivity contribution < 1.29 is 14.3 Å². The fourth-order valence-electron chi connectivity index (χ4n) is 1.97. The Morgan fingerprint density at radius 3 is 3.06 bits per heavy atom. The van der Waals surface area contributed by atoms with Crippen molar-refractivity contribution in [1.29, 1.82) is 0 Å². The van der Waals surface area contributed by atoms with Gasteiger partial charge in [-0.25, -0.2) is 9.78 Å².